The van der Waals surface area contributed by atoms with Gasteiger partial charge in [0, 0.05) is 25.2 Å². The van der Waals surface area contributed by atoms with Crippen LogP contribution < -0.4 is 5.32 Å². The minimum absolute atomic E-state index is 0.138. The summed E-state index contributed by atoms with van der Waals surface area (Å²) in [5, 5.41) is 3.43. The maximum absolute atomic E-state index is 12.5. The van der Waals surface area contributed by atoms with Crippen LogP contribution in [0.25, 0.3) is 0 Å². The number of hydrogen-bond acceptors (Lipinski definition) is 3. The molecule has 1 aromatic rings. The Morgan fingerprint density at radius 3 is 2.90 bits per heavy atom. The summed E-state index contributed by atoms with van der Waals surface area (Å²) >= 11 is 0. The molecule has 20 heavy (non-hydrogen) atoms. The van der Waals surface area contributed by atoms with Crippen molar-refractivity contribution in [2.75, 3.05) is 39.4 Å². The largest absolute Gasteiger partial charge is 0.378 e. The first-order valence-electron chi connectivity index (χ1n) is 7.52. The molecule has 4 nitrogen and oxygen atoms in total. The Bertz CT molecular complexity index is 463. The molecule has 0 saturated carbocycles. The molecule has 2 aliphatic heterocycles. The third-order valence-electron chi connectivity index (χ3n) is 4.20. The first-order chi connectivity index (χ1) is 9.84. The summed E-state index contributed by atoms with van der Waals surface area (Å²) in [4.78, 5) is 14.4. The van der Waals surface area contributed by atoms with Gasteiger partial charge < -0.3 is 15.0 Å². The number of carbonyl (C=O) groups excluding carboxylic acids is 1. The molecule has 4 heteroatoms. The highest BCUT2D eigenvalue weighted by molar-refractivity contribution is 5.94. The maximum Gasteiger partial charge on any atom is 0.254 e. The molecule has 0 spiro atoms. The number of nitrogens with one attached hydrogen (secondary N) is 1. The fraction of sp³-hybridized carbons (Fsp3) is 0.562. The lowest BCUT2D eigenvalue weighted by atomic mass is 9.90. The number of hydrogen-bond donors (Lipinski definition) is 1. The van der Waals surface area contributed by atoms with Crippen LogP contribution >= 0.6 is 0 Å². The molecule has 1 amide bonds. The van der Waals surface area contributed by atoms with Crippen molar-refractivity contribution < 1.29 is 9.53 Å². The number of benzene rings is 1. The summed E-state index contributed by atoms with van der Waals surface area (Å²) in [7, 11) is 0. The number of ether oxygens (including phenoxy) is 1. The van der Waals surface area contributed by atoms with E-state index < -0.39 is 0 Å². The van der Waals surface area contributed by atoms with Crippen molar-refractivity contribution in [2.45, 2.75) is 18.8 Å². The predicted octanol–water partition coefficient (Wildman–Crippen LogP) is 1.63. The second kappa shape index (κ2) is 6.37. The molecule has 0 bridgehead atoms. The second-order valence-corrected chi connectivity index (χ2v) is 5.57. The molecular formula is C16H22N2O2. The quantitative estimate of drug-likeness (QED) is 0.891. The summed E-state index contributed by atoms with van der Waals surface area (Å²) < 4.78 is 5.30. The Morgan fingerprint density at radius 2 is 2.15 bits per heavy atom. The van der Waals surface area contributed by atoms with E-state index in [1.807, 2.05) is 17.0 Å². The molecule has 1 atom stereocenters. The highest BCUT2D eigenvalue weighted by Gasteiger charge is 2.20. The summed E-state index contributed by atoms with van der Waals surface area (Å²) in [6, 6.07) is 8.17. The van der Waals surface area contributed by atoms with Crippen LogP contribution in [-0.4, -0.2) is 50.2 Å². The van der Waals surface area contributed by atoms with Gasteiger partial charge in [0.2, 0.25) is 0 Å². The topological polar surface area (TPSA) is 41.6 Å². The van der Waals surface area contributed by atoms with Crippen molar-refractivity contribution >= 4 is 5.91 Å². The van der Waals surface area contributed by atoms with Crippen molar-refractivity contribution in [1.82, 2.24) is 10.2 Å². The van der Waals surface area contributed by atoms with E-state index in [9.17, 15) is 4.79 Å². The Morgan fingerprint density at radius 1 is 1.30 bits per heavy atom. The van der Waals surface area contributed by atoms with Crippen LogP contribution in [0, 0.1) is 0 Å². The lowest BCUT2D eigenvalue weighted by Gasteiger charge is -2.27. The molecule has 2 fully saturated rings. The number of amides is 1. The third-order valence-corrected chi connectivity index (χ3v) is 4.20. The minimum atomic E-state index is 0.138. The van der Waals surface area contributed by atoms with Crippen molar-refractivity contribution in [3.63, 3.8) is 0 Å². The van der Waals surface area contributed by atoms with E-state index in [4.69, 9.17) is 4.74 Å². The standard InChI is InChI=1S/C16H22N2O2/c19-16(18-7-9-20-10-8-18)14-4-1-3-13(11-14)15-5-2-6-17-12-15/h1,3-4,11,15,17H,2,5-10,12H2. The van der Waals surface area contributed by atoms with Gasteiger partial charge in [0.15, 0.2) is 0 Å². The number of carbonyl (C=O) groups is 1. The van der Waals surface area contributed by atoms with Gasteiger partial charge in [-0.1, -0.05) is 12.1 Å². The second-order valence-electron chi connectivity index (χ2n) is 5.57. The van der Waals surface area contributed by atoms with E-state index in [1.165, 1.54) is 18.4 Å². The van der Waals surface area contributed by atoms with Crippen LogP contribution in [-0.2, 0) is 4.74 Å². The smallest absolute Gasteiger partial charge is 0.254 e. The summed E-state index contributed by atoms with van der Waals surface area (Å²) in [5.41, 5.74) is 2.10. The van der Waals surface area contributed by atoms with Crippen LogP contribution in [0.4, 0.5) is 0 Å². The molecule has 2 saturated heterocycles. The van der Waals surface area contributed by atoms with Crippen LogP contribution in [0.3, 0.4) is 0 Å². The van der Waals surface area contributed by atoms with E-state index in [0.717, 1.165) is 18.7 Å². The number of piperidine rings is 1. The van der Waals surface area contributed by atoms with Crippen LogP contribution in [0.5, 0.6) is 0 Å². The molecule has 2 aliphatic rings. The first-order valence-corrected chi connectivity index (χ1v) is 7.52. The fourth-order valence-electron chi connectivity index (χ4n) is 3.01. The van der Waals surface area contributed by atoms with Crippen LogP contribution in [0.2, 0.25) is 0 Å². The van der Waals surface area contributed by atoms with Gasteiger partial charge in [0.05, 0.1) is 13.2 Å². The van der Waals surface area contributed by atoms with Gasteiger partial charge in [0.1, 0.15) is 0 Å². The van der Waals surface area contributed by atoms with Gasteiger partial charge in [-0.05, 0) is 43.0 Å². The molecule has 2 heterocycles. The Hall–Kier alpha value is -1.39. The van der Waals surface area contributed by atoms with Crippen LogP contribution in [0.1, 0.15) is 34.7 Å². The van der Waals surface area contributed by atoms with Gasteiger partial charge >= 0.3 is 0 Å². The highest BCUT2D eigenvalue weighted by atomic mass is 16.5. The number of rotatable bonds is 2. The zero-order valence-electron chi connectivity index (χ0n) is 11.8. The van der Waals surface area contributed by atoms with E-state index in [0.29, 0.717) is 32.2 Å². The zero-order chi connectivity index (χ0) is 13.8. The van der Waals surface area contributed by atoms with Crippen molar-refractivity contribution in [3.05, 3.63) is 35.4 Å². The molecule has 0 aromatic heterocycles. The zero-order valence-corrected chi connectivity index (χ0v) is 11.8. The third kappa shape index (κ3) is 3.02. The van der Waals surface area contributed by atoms with E-state index in [1.54, 1.807) is 0 Å². The lowest BCUT2D eigenvalue weighted by Crippen LogP contribution is -2.40. The minimum Gasteiger partial charge on any atom is -0.378 e. The highest BCUT2D eigenvalue weighted by Crippen LogP contribution is 2.24. The Balaban J connectivity index is 1.74. The summed E-state index contributed by atoms with van der Waals surface area (Å²) in [5.74, 6) is 0.681. The average Bonchev–Trinajstić information content (AvgIpc) is 2.56. The fourth-order valence-corrected chi connectivity index (χ4v) is 3.01. The van der Waals surface area contributed by atoms with Crippen molar-refractivity contribution in [2.24, 2.45) is 0 Å². The Kier molecular flexibility index (Phi) is 4.33. The van der Waals surface area contributed by atoms with Gasteiger partial charge in [-0.2, -0.15) is 0 Å². The van der Waals surface area contributed by atoms with Gasteiger partial charge in [-0.3, -0.25) is 4.79 Å². The van der Waals surface area contributed by atoms with Gasteiger partial charge in [-0.25, -0.2) is 0 Å². The molecular weight excluding hydrogens is 252 g/mol. The number of nitrogens with zero attached hydrogens (tertiary/aromatic N) is 1. The lowest BCUT2D eigenvalue weighted by molar-refractivity contribution is 0.0303. The first kappa shape index (κ1) is 13.6. The van der Waals surface area contributed by atoms with E-state index in [-0.39, 0.29) is 5.91 Å². The monoisotopic (exact) mass is 274 g/mol. The number of morpholine rings is 1. The molecule has 108 valence electrons. The average molecular weight is 274 g/mol. The van der Waals surface area contributed by atoms with Crippen molar-refractivity contribution in [3.8, 4) is 0 Å². The predicted molar refractivity (Wildman–Crippen MR) is 78.0 cm³/mol. The van der Waals surface area contributed by atoms with E-state index >= 15 is 0 Å². The molecule has 1 N–H and O–H groups in total. The molecule has 1 unspecified atom stereocenters. The maximum atomic E-state index is 12.5. The van der Waals surface area contributed by atoms with Gasteiger partial charge in [-0.15, -0.1) is 0 Å². The van der Waals surface area contributed by atoms with Crippen LogP contribution in [0.15, 0.2) is 24.3 Å². The molecule has 1 aromatic carbocycles. The van der Waals surface area contributed by atoms with Crippen molar-refractivity contribution in [1.29, 1.82) is 0 Å². The summed E-state index contributed by atoms with van der Waals surface area (Å²) in [6.07, 6.45) is 2.43. The molecule has 0 radical (unpaired) electrons. The molecule has 0 aliphatic carbocycles. The SMILES string of the molecule is O=C(c1cccc(C2CCCNC2)c1)N1CCOCC1. The normalized spacial score (nSPS) is 23.6. The summed E-state index contributed by atoms with van der Waals surface area (Å²) in [6.45, 7) is 4.84. The Labute approximate surface area is 120 Å². The van der Waals surface area contributed by atoms with Gasteiger partial charge in [0.25, 0.3) is 5.91 Å². The molecule has 3 rings (SSSR count). The van der Waals surface area contributed by atoms with E-state index in [2.05, 4.69) is 17.4 Å².